The quantitative estimate of drug-likeness (QED) is 0.420. The Bertz CT molecular complexity index is 1510. The average Bonchev–Trinajstić information content (AvgIpc) is 3.52. The number of carbonyl (C=O) groups excluding carboxylic acids is 1. The van der Waals surface area contributed by atoms with Gasteiger partial charge in [-0.15, -0.1) is 0 Å². The molecule has 1 aromatic heterocycles. The minimum absolute atomic E-state index is 0.334. The van der Waals surface area contributed by atoms with Crippen LogP contribution in [-0.4, -0.2) is 56.1 Å². The Hall–Kier alpha value is -3.15. The molecule has 11 heteroatoms. The number of fused-ring (bicyclic) bond motifs is 3. The van der Waals surface area contributed by atoms with Crippen molar-refractivity contribution in [2.24, 2.45) is 5.41 Å². The largest absolute Gasteiger partial charge is 0.395 e. The van der Waals surface area contributed by atoms with E-state index >= 15 is 0 Å². The number of aromatic nitrogens is 1. The second-order valence-electron chi connectivity index (χ2n) is 10.5. The number of hydrogen-bond donors (Lipinski definition) is 3. The van der Waals surface area contributed by atoms with Gasteiger partial charge >= 0.3 is 0 Å². The lowest BCUT2D eigenvalue weighted by Gasteiger charge is -2.35. The van der Waals surface area contributed by atoms with Crippen LogP contribution < -0.4 is 14.9 Å². The maximum absolute atomic E-state index is 14.8. The van der Waals surface area contributed by atoms with E-state index in [0.29, 0.717) is 58.7 Å². The fraction of sp³-hybridized carbons (Fsp3) is 0.444. The first-order valence-electron chi connectivity index (χ1n) is 13.0. The van der Waals surface area contributed by atoms with Crippen molar-refractivity contribution in [3.05, 3.63) is 53.5 Å². The van der Waals surface area contributed by atoms with Gasteiger partial charge in [0.15, 0.2) is 0 Å². The third kappa shape index (κ3) is 4.74. The highest BCUT2D eigenvalue weighted by atomic mass is 32.2. The van der Waals surface area contributed by atoms with Gasteiger partial charge in [0.05, 0.1) is 53.7 Å². The number of anilines is 3. The van der Waals surface area contributed by atoms with Crippen LogP contribution >= 0.6 is 0 Å². The number of hydrogen-bond acceptors (Lipinski definition) is 6. The second-order valence-corrected chi connectivity index (χ2v) is 12.4. The van der Waals surface area contributed by atoms with E-state index in [-0.39, 0.29) is 11.7 Å². The van der Waals surface area contributed by atoms with Gasteiger partial charge in [-0.3, -0.25) is 9.52 Å². The van der Waals surface area contributed by atoms with E-state index in [1.54, 1.807) is 24.3 Å². The van der Waals surface area contributed by atoms with E-state index in [9.17, 15) is 17.6 Å². The van der Waals surface area contributed by atoms with Gasteiger partial charge in [-0.25, -0.2) is 12.8 Å². The molecule has 1 amide bonds. The molecule has 2 fully saturated rings. The van der Waals surface area contributed by atoms with Gasteiger partial charge in [0.2, 0.25) is 10.0 Å². The van der Waals surface area contributed by atoms with E-state index in [4.69, 9.17) is 9.84 Å². The molecular weight excluding hydrogens is 511 g/mol. The predicted octanol–water partition coefficient (Wildman–Crippen LogP) is 3.68. The maximum atomic E-state index is 14.8. The van der Waals surface area contributed by atoms with Crippen LogP contribution in [0.3, 0.4) is 0 Å². The third-order valence-corrected chi connectivity index (χ3v) is 9.32. The van der Waals surface area contributed by atoms with Crippen LogP contribution in [0.5, 0.6) is 0 Å². The molecule has 1 aliphatic carbocycles. The van der Waals surface area contributed by atoms with Crippen LogP contribution in [0.4, 0.5) is 21.5 Å². The number of sulfonamides is 1. The van der Waals surface area contributed by atoms with E-state index < -0.39 is 22.4 Å². The lowest BCUT2D eigenvalue weighted by molar-refractivity contribution is 0.0863. The van der Waals surface area contributed by atoms with Crippen LogP contribution in [0.15, 0.2) is 36.4 Å². The Morgan fingerprint density at radius 2 is 1.87 bits per heavy atom. The van der Waals surface area contributed by atoms with Crippen molar-refractivity contribution < 1.29 is 27.4 Å². The third-order valence-electron chi connectivity index (χ3n) is 8.05. The number of nitrogens with zero attached hydrogens (tertiary/aromatic N) is 2. The van der Waals surface area contributed by atoms with Crippen molar-refractivity contribution in [1.82, 2.24) is 4.57 Å². The molecule has 202 valence electrons. The monoisotopic (exact) mass is 542 g/mol. The zero-order valence-corrected chi connectivity index (χ0v) is 21.8. The Balaban J connectivity index is 1.33. The number of halogens is 1. The smallest absolute Gasteiger partial charge is 0.257 e. The van der Waals surface area contributed by atoms with E-state index in [0.717, 1.165) is 31.6 Å². The van der Waals surface area contributed by atoms with Crippen molar-refractivity contribution in [3.63, 3.8) is 0 Å². The Morgan fingerprint density at radius 1 is 1.08 bits per heavy atom. The topological polar surface area (TPSA) is 113 Å². The van der Waals surface area contributed by atoms with Crippen molar-refractivity contribution in [1.29, 1.82) is 0 Å². The van der Waals surface area contributed by atoms with E-state index in [2.05, 4.69) is 14.9 Å². The number of aliphatic hydroxyl groups is 1. The van der Waals surface area contributed by atoms with Crippen molar-refractivity contribution in [2.45, 2.75) is 38.8 Å². The lowest BCUT2D eigenvalue weighted by Crippen LogP contribution is -2.35. The molecule has 9 nitrogen and oxygen atoms in total. The van der Waals surface area contributed by atoms with Gasteiger partial charge in [-0.1, -0.05) is 0 Å². The Morgan fingerprint density at radius 3 is 2.61 bits per heavy atom. The SMILES string of the molecule is O=C(Nc1ccc(F)c2c1cc1n2CCOC1)c1ccc(NS(=O)(=O)CCO)cc1N1CCC2(CC1)CC2. The molecule has 38 heavy (non-hydrogen) atoms. The molecule has 3 aliphatic rings. The van der Waals surface area contributed by atoms with Gasteiger partial charge in [-0.05, 0) is 67.5 Å². The fourth-order valence-electron chi connectivity index (χ4n) is 5.69. The molecule has 0 atom stereocenters. The molecule has 0 bridgehead atoms. The summed E-state index contributed by atoms with van der Waals surface area (Å²) in [6.45, 7) is 2.50. The number of ether oxygens (including phenoxy) is 1. The molecule has 1 spiro atoms. The van der Waals surface area contributed by atoms with Gasteiger partial charge in [0, 0.05) is 30.7 Å². The van der Waals surface area contributed by atoms with Gasteiger partial charge < -0.3 is 24.6 Å². The van der Waals surface area contributed by atoms with Gasteiger partial charge in [-0.2, -0.15) is 0 Å². The average molecular weight is 543 g/mol. The summed E-state index contributed by atoms with van der Waals surface area (Å²) in [5.41, 5.74) is 3.62. The summed E-state index contributed by atoms with van der Waals surface area (Å²) in [4.78, 5) is 15.8. The molecule has 0 unspecified atom stereocenters. The Labute approximate surface area is 220 Å². The predicted molar refractivity (Wildman–Crippen MR) is 144 cm³/mol. The molecule has 2 aliphatic heterocycles. The standard InChI is InChI=1S/C27H31FN4O5S/c28-22-3-4-23(21-16-19-17-37-13-11-32(19)25(21)22)29-26(34)20-2-1-18(30-38(35,36)14-12-33)15-24(20)31-9-7-27(5-6-27)8-10-31/h1-4,15-16,30,33H,5-14,17H2,(H,29,34). The van der Waals surface area contributed by atoms with Crippen LogP contribution in [-0.2, 0) is 27.9 Å². The summed E-state index contributed by atoms with van der Waals surface area (Å²) in [5, 5.41) is 12.7. The van der Waals surface area contributed by atoms with Crippen LogP contribution in [0.1, 0.15) is 41.7 Å². The first-order valence-corrected chi connectivity index (χ1v) is 14.6. The molecule has 3 heterocycles. The van der Waals surface area contributed by atoms with Crippen molar-refractivity contribution >= 4 is 43.9 Å². The van der Waals surface area contributed by atoms with Gasteiger partial charge in [0.25, 0.3) is 5.91 Å². The fourth-order valence-corrected chi connectivity index (χ4v) is 6.52. The normalized spacial score (nSPS) is 18.4. The number of piperidine rings is 1. The van der Waals surface area contributed by atoms with Crippen LogP contribution in [0.25, 0.3) is 10.9 Å². The molecular formula is C27H31FN4O5S. The summed E-state index contributed by atoms with van der Waals surface area (Å²) in [6, 6.07) is 9.63. The molecule has 3 N–H and O–H groups in total. The van der Waals surface area contributed by atoms with E-state index in [1.165, 1.54) is 18.9 Å². The summed E-state index contributed by atoms with van der Waals surface area (Å²) in [5.74, 6) is -1.12. The highest BCUT2D eigenvalue weighted by Gasteiger charge is 2.44. The summed E-state index contributed by atoms with van der Waals surface area (Å²) < 4.78 is 49.3. The number of amides is 1. The number of rotatable bonds is 7. The van der Waals surface area contributed by atoms with Crippen LogP contribution in [0.2, 0.25) is 0 Å². The summed E-state index contributed by atoms with van der Waals surface area (Å²) in [7, 11) is -3.72. The second kappa shape index (κ2) is 9.55. The minimum Gasteiger partial charge on any atom is -0.395 e. The van der Waals surface area contributed by atoms with Gasteiger partial charge in [0.1, 0.15) is 5.82 Å². The molecule has 1 saturated carbocycles. The maximum Gasteiger partial charge on any atom is 0.257 e. The minimum atomic E-state index is -3.72. The first-order chi connectivity index (χ1) is 18.3. The molecule has 6 rings (SSSR count). The number of aliphatic hydroxyl groups excluding tert-OH is 1. The molecule has 0 radical (unpaired) electrons. The number of benzene rings is 2. The number of nitrogens with one attached hydrogen (secondary N) is 2. The molecule has 2 aromatic carbocycles. The molecule has 1 saturated heterocycles. The van der Waals surface area contributed by atoms with Crippen molar-refractivity contribution in [2.75, 3.05) is 47.0 Å². The Kier molecular flexibility index (Phi) is 6.32. The summed E-state index contributed by atoms with van der Waals surface area (Å²) in [6.07, 6.45) is 4.54. The highest BCUT2D eigenvalue weighted by molar-refractivity contribution is 7.92. The van der Waals surface area contributed by atoms with Crippen LogP contribution in [0, 0.1) is 11.2 Å². The zero-order valence-electron chi connectivity index (χ0n) is 21.0. The van der Waals surface area contributed by atoms with Crippen molar-refractivity contribution in [3.8, 4) is 0 Å². The molecule has 3 aromatic rings. The first kappa shape index (κ1) is 25.1. The lowest BCUT2D eigenvalue weighted by atomic mass is 9.93. The number of carbonyl (C=O) groups is 1. The van der Waals surface area contributed by atoms with E-state index in [1.807, 2.05) is 10.6 Å². The zero-order chi connectivity index (χ0) is 26.5. The summed E-state index contributed by atoms with van der Waals surface area (Å²) >= 11 is 0. The highest BCUT2D eigenvalue weighted by Crippen LogP contribution is 2.54.